The predicted molar refractivity (Wildman–Crippen MR) is 193 cm³/mol. The van der Waals surface area contributed by atoms with Gasteiger partial charge in [0.2, 0.25) is 0 Å². The number of nitrogens with two attached hydrogens (primary N) is 1. The van der Waals surface area contributed by atoms with Crippen molar-refractivity contribution in [1.82, 2.24) is 15.5 Å². The van der Waals surface area contributed by atoms with Crippen LogP contribution in [0.25, 0.3) is 0 Å². The lowest BCUT2D eigenvalue weighted by atomic mass is 10.1. The maximum atomic E-state index is 12.4. The maximum Gasteiger partial charge on any atom is 0.410 e. The molecule has 0 saturated carbocycles. The number of amides is 2. The lowest BCUT2D eigenvalue weighted by molar-refractivity contribution is 0.0187. The Bertz CT molecular complexity index is 1320. The number of carbonyl (C=O) groups is 2. The summed E-state index contributed by atoms with van der Waals surface area (Å²) in [7, 11) is 0. The molecular formula is C38H60N4O8. The maximum absolute atomic E-state index is 12.4. The van der Waals surface area contributed by atoms with Crippen molar-refractivity contribution >= 4 is 12.2 Å². The molecule has 0 aromatic heterocycles. The minimum absolute atomic E-state index is 0.0449. The molecule has 0 bridgehead atoms. The summed E-state index contributed by atoms with van der Waals surface area (Å²) < 4.78 is 22.4. The Kier molecular flexibility index (Phi) is 16.1. The number of rotatable bonds is 13. The summed E-state index contributed by atoms with van der Waals surface area (Å²) in [6.07, 6.45) is 3.03. The highest BCUT2D eigenvalue weighted by Gasteiger charge is 2.32. The van der Waals surface area contributed by atoms with E-state index in [4.69, 9.17) is 24.7 Å². The summed E-state index contributed by atoms with van der Waals surface area (Å²) in [5.41, 5.74) is 5.92. The molecule has 2 aliphatic rings. The number of nitrogens with one attached hydrogen (secondary N) is 2. The first-order chi connectivity index (χ1) is 23.6. The zero-order chi connectivity index (χ0) is 36.7. The highest BCUT2D eigenvalue weighted by atomic mass is 16.6. The Morgan fingerprint density at radius 1 is 0.880 bits per heavy atom. The molecular weight excluding hydrogens is 640 g/mol. The van der Waals surface area contributed by atoms with E-state index in [9.17, 15) is 19.8 Å². The third-order valence-electron chi connectivity index (χ3n) is 8.07. The van der Waals surface area contributed by atoms with Gasteiger partial charge in [-0.3, -0.25) is 0 Å². The van der Waals surface area contributed by atoms with Gasteiger partial charge in [0, 0.05) is 19.1 Å². The summed E-state index contributed by atoms with van der Waals surface area (Å²) >= 11 is 0. The monoisotopic (exact) mass is 700 g/mol. The number of nitrogens with zero attached hydrogens (tertiary/aromatic N) is 1. The van der Waals surface area contributed by atoms with Crippen LogP contribution >= 0.6 is 0 Å². The molecule has 4 atom stereocenters. The number of ether oxygens (including phenoxy) is 4. The molecule has 2 fully saturated rings. The molecule has 4 rings (SSSR count). The lowest BCUT2D eigenvalue weighted by Gasteiger charge is -2.28. The number of alkyl carbamates (subject to hydrolysis) is 1. The molecule has 2 aromatic rings. The van der Waals surface area contributed by atoms with E-state index in [1.54, 1.807) is 31.7 Å². The molecule has 2 aliphatic heterocycles. The smallest absolute Gasteiger partial charge is 0.410 e. The number of aliphatic hydroxyl groups is 2. The van der Waals surface area contributed by atoms with Crippen LogP contribution in [-0.2, 0) is 9.47 Å². The van der Waals surface area contributed by atoms with Gasteiger partial charge in [-0.1, -0.05) is 24.3 Å². The van der Waals surface area contributed by atoms with Crippen molar-refractivity contribution in [1.29, 1.82) is 0 Å². The van der Waals surface area contributed by atoms with Crippen LogP contribution in [0.2, 0.25) is 0 Å². The molecule has 6 N–H and O–H groups in total. The van der Waals surface area contributed by atoms with Crippen molar-refractivity contribution in [2.45, 2.75) is 116 Å². The van der Waals surface area contributed by atoms with Gasteiger partial charge in [0.25, 0.3) is 0 Å². The highest BCUT2D eigenvalue weighted by Crippen LogP contribution is 2.25. The molecule has 0 spiro atoms. The second-order valence-corrected chi connectivity index (χ2v) is 14.9. The van der Waals surface area contributed by atoms with E-state index >= 15 is 0 Å². The van der Waals surface area contributed by atoms with Crippen LogP contribution in [0, 0.1) is 0 Å². The van der Waals surface area contributed by atoms with Crippen molar-refractivity contribution in [3.8, 4) is 11.5 Å². The number of likely N-dealkylation sites (tertiary alicyclic amines) is 1. The molecule has 0 radical (unpaired) electrons. The first kappa shape index (κ1) is 40.8. The standard InChI is InChI=1S/C24H38N2O6.C14H22N2O2/c1-23(2,3)31-21(28)25-13-12-20(27)17-9-7-11-19(15-17)30-16-18-10-8-14-26(18)22(29)32-24(4,5)6;15-7-6-14(17)11-3-1-5-13(9-11)18-10-12-4-2-8-16-12/h7,9,11,15,18,20,27H,8,10,12-14,16H2,1-6H3,(H,25,28);1,3,5,9,12,14,16-17H,2,4,6-8,10,15H2/t18-,20+;12-,14+/m00/s1. The van der Waals surface area contributed by atoms with Crippen LogP contribution in [0.5, 0.6) is 11.5 Å². The van der Waals surface area contributed by atoms with E-state index < -0.39 is 29.5 Å². The van der Waals surface area contributed by atoms with Crippen LogP contribution in [0.3, 0.4) is 0 Å². The van der Waals surface area contributed by atoms with Crippen LogP contribution in [-0.4, -0.2) is 90.0 Å². The fraction of sp³-hybridized carbons (Fsp3) is 0.632. The minimum atomic E-state index is -0.752. The first-order valence-corrected chi connectivity index (χ1v) is 17.8. The Hall–Kier alpha value is -3.58. The van der Waals surface area contributed by atoms with E-state index in [0.717, 1.165) is 30.7 Å². The molecule has 280 valence electrons. The predicted octanol–water partition coefficient (Wildman–Crippen LogP) is 5.61. The third-order valence-corrected chi connectivity index (χ3v) is 8.07. The second-order valence-electron chi connectivity index (χ2n) is 14.9. The Balaban J connectivity index is 0.000000316. The van der Waals surface area contributed by atoms with Gasteiger partial charge in [-0.25, -0.2) is 9.59 Å². The third kappa shape index (κ3) is 15.1. The van der Waals surface area contributed by atoms with Gasteiger partial charge in [0.15, 0.2) is 0 Å². The molecule has 50 heavy (non-hydrogen) atoms. The first-order valence-electron chi connectivity index (χ1n) is 17.8. The van der Waals surface area contributed by atoms with Gasteiger partial charge in [-0.05, 0) is 129 Å². The lowest BCUT2D eigenvalue weighted by Crippen LogP contribution is -2.42. The van der Waals surface area contributed by atoms with E-state index in [-0.39, 0.29) is 18.7 Å². The topological polar surface area (TPSA) is 165 Å². The zero-order valence-corrected chi connectivity index (χ0v) is 30.8. The molecule has 0 aliphatic carbocycles. The molecule has 2 heterocycles. The molecule has 12 nitrogen and oxygen atoms in total. The van der Waals surface area contributed by atoms with Gasteiger partial charge in [-0.15, -0.1) is 0 Å². The average molecular weight is 701 g/mol. The summed E-state index contributed by atoms with van der Waals surface area (Å²) in [5, 5.41) is 26.4. The van der Waals surface area contributed by atoms with Gasteiger partial charge < -0.3 is 50.4 Å². The van der Waals surface area contributed by atoms with Crippen LogP contribution in [0.4, 0.5) is 9.59 Å². The summed E-state index contributed by atoms with van der Waals surface area (Å²) in [4.78, 5) is 25.9. The van der Waals surface area contributed by atoms with E-state index in [1.165, 1.54) is 12.8 Å². The normalized spacial score (nSPS) is 18.8. The van der Waals surface area contributed by atoms with Crippen molar-refractivity contribution in [3.05, 3.63) is 59.7 Å². The van der Waals surface area contributed by atoms with Crippen LogP contribution in [0.1, 0.15) is 103 Å². The van der Waals surface area contributed by atoms with Gasteiger partial charge in [-0.2, -0.15) is 0 Å². The quantitative estimate of drug-likeness (QED) is 0.177. The van der Waals surface area contributed by atoms with Crippen molar-refractivity contribution in [2.24, 2.45) is 5.73 Å². The summed E-state index contributed by atoms with van der Waals surface area (Å²) in [6.45, 7) is 14.5. The molecule has 12 heteroatoms. The van der Waals surface area contributed by atoms with E-state index in [1.807, 2.05) is 63.2 Å². The van der Waals surface area contributed by atoms with Gasteiger partial charge in [0.05, 0.1) is 18.2 Å². The van der Waals surface area contributed by atoms with Gasteiger partial charge >= 0.3 is 12.2 Å². The number of aliphatic hydroxyl groups excluding tert-OH is 2. The largest absolute Gasteiger partial charge is 0.492 e. The van der Waals surface area contributed by atoms with Crippen molar-refractivity contribution < 1.29 is 38.7 Å². The summed E-state index contributed by atoms with van der Waals surface area (Å²) in [6, 6.07) is 15.3. The number of carbonyl (C=O) groups excluding carboxylic acids is 2. The van der Waals surface area contributed by atoms with Crippen molar-refractivity contribution in [2.75, 3.05) is 39.4 Å². The molecule has 2 saturated heterocycles. The highest BCUT2D eigenvalue weighted by molar-refractivity contribution is 5.69. The number of hydrogen-bond acceptors (Lipinski definition) is 10. The number of hydrogen-bond donors (Lipinski definition) is 5. The fourth-order valence-corrected chi connectivity index (χ4v) is 5.60. The van der Waals surface area contributed by atoms with Crippen LogP contribution < -0.4 is 25.8 Å². The van der Waals surface area contributed by atoms with Crippen LogP contribution in [0.15, 0.2) is 48.5 Å². The average Bonchev–Trinajstić information content (AvgIpc) is 3.75. The molecule has 2 aromatic carbocycles. The Morgan fingerprint density at radius 2 is 1.48 bits per heavy atom. The SMILES string of the molecule is CC(C)(C)OC(=O)NCC[C@@H](O)c1cccc(OC[C@@H]2CCCN2C(=O)OC(C)(C)C)c1.NCC[C@@H](O)c1cccc(OC[C@@H]2CCCN2)c1. The number of benzene rings is 2. The van der Waals surface area contributed by atoms with E-state index in [2.05, 4.69) is 10.6 Å². The second kappa shape index (κ2) is 19.7. The Labute approximate surface area is 298 Å². The molecule has 0 unspecified atom stereocenters. The Morgan fingerprint density at radius 3 is 2.04 bits per heavy atom. The van der Waals surface area contributed by atoms with E-state index in [0.29, 0.717) is 56.5 Å². The van der Waals surface area contributed by atoms with Crippen molar-refractivity contribution in [3.63, 3.8) is 0 Å². The molecule has 2 amide bonds. The fourth-order valence-electron chi connectivity index (χ4n) is 5.60. The minimum Gasteiger partial charge on any atom is -0.492 e. The van der Waals surface area contributed by atoms with Gasteiger partial charge in [0.1, 0.15) is 35.9 Å². The summed E-state index contributed by atoms with van der Waals surface area (Å²) in [5.74, 6) is 1.44. The zero-order valence-electron chi connectivity index (χ0n) is 30.8.